The molecule has 27 heavy (non-hydrogen) atoms. The maximum Gasteiger partial charge on any atom is 0.129 e. The maximum atomic E-state index is 5.85. The normalized spacial score (nSPS) is 15.6. The van der Waals surface area contributed by atoms with Gasteiger partial charge in [-0.2, -0.15) is 5.10 Å². The van der Waals surface area contributed by atoms with Crippen molar-refractivity contribution in [2.45, 2.75) is 38.9 Å². The average Bonchev–Trinajstić information content (AvgIpc) is 3.11. The number of fused-ring (bicyclic) bond motifs is 1. The fourth-order valence-electron chi connectivity index (χ4n) is 3.62. The molecule has 0 atom stereocenters. The van der Waals surface area contributed by atoms with E-state index < -0.39 is 0 Å². The molecule has 1 fully saturated rings. The lowest BCUT2D eigenvalue weighted by atomic mass is 10.1. The average molecular weight is 366 g/mol. The second-order valence-electron chi connectivity index (χ2n) is 7.27. The Kier molecular flexibility index (Phi) is 4.99. The van der Waals surface area contributed by atoms with Crippen molar-refractivity contribution < 1.29 is 9.47 Å². The number of nitrogens with one attached hydrogen (secondary N) is 1. The fraction of sp³-hybridized carbons (Fsp3) is 0.429. The number of hydrogen-bond acceptors (Lipinski definition) is 5. The Labute approximate surface area is 159 Å². The van der Waals surface area contributed by atoms with E-state index in [1.54, 1.807) is 7.11 Å². The van der Waals surface area contributed by atoms with Crippen LogP contribution in [0.1, 0.15) is 26.7 Å². The molecule has 0 saturated carbocycles. The molecule has 6 nitrogen and oxygen atoms in total. The van der Waals surface area contributed by atoms with E-state index in [1.165, 1.54) is 0 Å². The summed E-state index contributed by atoms with van der Waals surface area (Å²) in [6.45, 7) is 5.98. The molecule has 0 radical (unpaired) electrons. The third kappa shape index (κ3) is 3.76. The van der Waals surface area contributed by atoms with Crippen LogP contribution in [0.15, 0.2) is 36.5 Å². The van der Waals surface area contributed by atoms with E-state index in [9.17, 15) is 0 Å². The SMILES string of the molecule is COC1CCN(c2cc(-c3n[nH]c4ccc(OC(C)C)cc34)ccn2)CC1. The zero-order valence-corrected chi connectivity index (χ0v) is 16.1. The number of hydrogen-bond donors (Lipinski definition) is 1. The smallest absolute Gasteiger partial charge is 0.129 e. The number of aromatic nitrogens is 3. The molecule has 0 bridgehead atoms. The number of benzene rings is 1. The van der Waals surface area contributed by atoms with E-state index in [0.29, 0.717) is 6.10 Å². The third-order valence-electron chi connectivity index (χ3n) is 5.02. The first-order valence-electron chi connectivity index (χ1n) is 9.53. The Morgan fingerprint density at radius 2 is 1.96 bits per heavy atom. The van der Waals surface area contributed by atoms with Crippen LogP contribution in [0.3, 0.4) is 0 Å². The topological polar surface area (TPSA) is 63.3 Å². The molecular formula is C21H26N4O2. The first-order valence-corrected chi connectivity index (χ1v) is 9.53. The molecule has 1 N–H and O–H groups in total. The second kappa shape index (κ2) is 7.56. The van der Waals surface area contributed by atoms with Crippen molar-refractivity contribution >= 4 is 16.7 Å². The quantitative estimate of drug-likeness (QED) is 0.739. The van der Waals surface area contributed by atoms with E-state index in [2.05, 4.69) is 32.2 Å². The number of piperidine rings is 1. The molecule has 0 unspecified atom stereocenters. The van der Waals surface area contributed by atoms with Gasteiger partial charge in [0.15, 0.2) is 0 Å². The van der Waals surface area contributed by atoms with Gasteiger partial charge in [-0.25, -0.2) is 4.98 Å². The van der Waals surface area contributed by atoms with Crippen LogP contribution >= 0.6 is 0 Å². The molecule has 1 aromatic carbocycles. The largest absolute Gasteiger partial charge is 0.491 e. The Balaban J connectivity index is 1.64. The minimum absolute atomic E-state index is 0.139. The fourth-order valence-corrected chi connectivity index (χ4v) is 3.62. The van der Waals surface area contributed by atoms with Crippen molar-refractivity contribution in [3.63, 3.8) is 0 Å². The molecule has 1 aliphatic rings. The van der Waals surface area contributed by atoms with Gasteiger partial charge in [-0.1, -0.05) is 0 Å². The standard InChI is InChI=1S/C21H26N4O2/c1-14(2)27-17-4-5-19-18(13-17)21(24-23-19)15-6-9-22-20(12-15)25-10-7-16(26-3)8-11-25/h4-6,9,12-14,16H,7-8,10-11H2,1-3H3,(H,23,24). The van der Waals surface area contributed by atoms with Gasteiger partial charge in [0.2, 0.25) is 0 Å². The molecule has 0 spiro atoms. The molecular weight excluding hydrogens is 340 g/mol. The molecule has 0 amide bonds. The molecule has 0 aliphatic carbocycles. The number of methoxy groups -OCH3 is 1. The van der Waals surface area contributed by atoms with E-state index >= 15 is 0 Å². The number of rotatable bonds is 5. The number of pyridine rings is 1. The highest BCUT2D eigenvalue weighted by molar-refractivity contribution is 5.94. The molecule has 142 valence electrons. The van der Waals surface area contributed by atoms with Crippen molar-refractivity contribution in [1.29, 1.82) is 0 Å². The van der Waals surface area contributed by atoms with Crippen molar-refractivity contribution in [1.82, 2.24) is 15.2 Å². The van der Waals surface area contributed by atoms with Crippen molar-refractivity contribution in [3.8, 4) is 17.0 Å². The highest BCUT2D eigenvalue weighted by Gasteiger charge is 2.20. The lowest BCUT2D eigenvalue weighted by molar-refractivity contribution is 0.0818. The summed E-state index contributed by atoms with van der Waals surface area (Å²) in [5, 5.41) is 8.73. The Hall–Kier alpha value is -2.60. The molecule has 3 aromatic rings. The lowest BCUT2D eigenvalue weighted by Crippen LogP contribution is -2.37. The van der Waals surface area contributed by atoms with E-state index in [0.717, 1.165) is 59.7 Å². The number of nitrogens with zero attached hydrogens (tertiary/aromatic N) is 3. The van der Waals surface area contributed by atoms with Crippen molar-refractivity contribution in [2.24, 2.45) is 0 Å². The third-order valence-corrected chi connectivity index (χ3v) is 5.02. The van der Waals surface area contributed by atoms with Gasteiger partial charge in [-0.05, 0) is 57.0 Å². The minimum Gasteiger partial charge on any atom is -0.491 e. The number of ether oxygens (including phenoxy) is 2. The Bertz CT molecular complexity index is 913. The highest BCUT2D eigenvalue weighted by Crippen LogP contribution is 2.31. The maximum absolute atomic E-state index is 5.85. The summed E-state index contributed by atoms with van der Waals surface area (Å²) < 4.78 is 11.3. The van der Waals surface area contributed by atoms with E-state index in [1.807, 2.05) is 38.2 Å². The van der Waals surface area contributed by atoms with Crippen LogP contribution in [0, 0.1) is 0 Å². The van der Waals surface area contributed by atoms with Gasteiger partial charge in [0, 0.05) is 37.3 Å². The van der Waals surface area contributed by atoms with Gasteiger partial charge in [0.05, 0.1) is 17.7 Å². The van der Waals surface area contributed by atoms with E-state index in [4.69, 9.17) is 9.47 Å². The molecule has 6 heteroatoms. The van der Waals surface area contributed by atoms with Crippen LogP contribution in [-0.2, 0) is 4.74 Å². The van der Waals surface area contributed by atoms with Crippen molar-refractivity contribution in [2.75, 3.05) is 25.1 Å². The summed E-state index contributed by atoms with van der Waals surface area (Å²) in [7, 11) is 1.79. The predicted molar refractivity (Wildman–Crippen MR) is 107 cm³/mol. The predicted octanol–water partition coefficient (Wildman–Crippen LogP) is 4.03. The molecule has 3 heterocycles. The van der Waals surface area contributed by atoms with E-state index in [-0.39, 0.29) is 6.10 Å². The molecule has 1 saturated heterocycles. The van der Waals surface area contributed by atoms with Crippen LogP contribution in [-0.4, -0.2) is 47.6 Å². The highest BCUT2D eigenvalue weighted by atomic mass is 16.5. The van der Waals surface area contributed by atoms with Crippen molar-refractivity contribution in [3.05, 3.63) is 36.5 Å². The zero-order chi connectivity index (χ0) is 18.8. The summed E-state index contributed by atoms with van der Waals surface area (Å²) >= 11 is 0. The lowest BCUT2D eigenvalue weighted by Gasteiger charge is -2.32. The summed E-state index contributed by atoms with van der Waals surface area (Å²) in [5.41, 5.74) is 2.98. The summed E-state index contributed by atoms with van der Waals surface area (Å²) in [4.78, 5) is 6.90. The Morgan fingerprint density at radius 1 is 1.15 bits per heavy atom. The number of aromatic amines is 1. The van der Waals surface area contributed by atoms with Gasteiger partial charge < -0.3 is 14.4 Å². The van der Waals surface area contributed by atoms with Crippen LogP contribution in [0.4, 0.5) is 5.82 Å². The summed E-state index contributed by atoms with van der Waals surface area (Å²) in [6, 6.07) is 10.2. The summed E-state index contributed by atoms with van der Waals surface area (Å²) in [5.74, 6) is 1.85. The molecule has 4 rings (SSSR count). The first-order chi connectivity index (χ1) is 13.1. The van der Waals surface area contributed by atoms with Crippen LogP contribution < -0.4 is 9.64 Å². The van der Waals surface area contributed by atoms with Gasteiger partial charge in [-0.3, -0.25) is 5.10 Å². The van der Waals surface area contributed by atoms with Crippen LogP contribution in [0.25, 0.3) is 22.2 Å². The van der Waals surface area contributed by atoms with Crippen LogP contribution in [0.5, 0.6) is 5.75 Å². The molecule has 2 aromatic heterocycles. The minimum atomic E-state index is 0.139. The second-order valence-corrected chi connectivity index (χ2v) is 7.27. The van der Waals surface area contributed by atoms with Gasteiger partial charge >= 0.3 is 0 Å². The zero-order valence-electron chi connectivity index (χ0n) is 16.1. The molecule has 1 aliphatic heterocycles. The monoisotopic (exact) mass is 366 g/mol. The Morgan fingerprint density at radius 3 is 2.70 bits per heavy atom. The first kappa shape index (κ1) is 17.8. The van der Waals surface area contributed by atoms with Crippen LogP contribution in [0.2, 0.25) is 0 Å². The summed E-state index contributed by atoms with van der Waals surface area (Å²) in [6.07, 6.45) is 4.43. The van der Waals surface area contributed by atoms with Gasteiger partial charge in [0.25, 0.3) is 0 Å². The number of H-pyrrole nitrogens is 1. The number of anilines is 1. The van der Waals surface area contributed by atoms with Gasteiger partial charge in [0.1, 0.15) is 17.3 Å². The van der Waals surface area contributed by atoms with Gasteiger partial charge in [-0.15, -0.1) is 0 Å².